The molecule has 3 N–H and O–H groups in total. The van der Waals surface area contributed by atoms with Crippen LogP contribution >= 0.6 is 27.5 Å². The number of carbonyl (C=O) groups excluding carboxylic acids is 3. The van der Waals surface area contributed by atoms with Crippen LogP contribution in [0.3, 0.4) is 0 Å². The van der Waals surface area contributed by atoms with Crippen LogP contribution < -0.4 is 16.0 Å². The van der Waals surface area contributed by atoms with Crippen molar-refractivity contribution in [3.05, 3.63) is 98.6 Å². The van der Waals surface area contributed by atoms with Gasteiger partial charge in [0.15, 0.2) is 0 Å². The van der Waals surface area contributed by atoms with E-state index < -0.39 is 0 Å². The largest absolute Gasteiger partial charge is 0.352 e. The zero-order chi connectivity index (χ0) is 27.4. The van der Waals surface area contributed by atoms with Crippen molar-refractivity contribution >= 4 is 61.8 Å². The number of rotatable bonds is 8. The number of fused-ring (bicyclic) bond motifs is 1. The highest BCUT2D eigenvalue weighted by Crippen LogP contribution is 2.25. The summed E-state index contributed by atoms with van der Waals surface area (Å²) in [5.41, 5.74) is 4.01. The summed E-state index contributed by atoms with van der Waals surface area (Å²) in [5, 5.41) is 9.81. The van der Waals surface area contributed by atoms with E-state index in [4.69, 9.17) is 11.6 Å². The first-order chi connectivity index (χ1) is 18.1. The Morgan fingerprint density at radius 1 is 0.895 bits per heavy atom. The Labute approximate surface area is 234 Å². The summed E-state index contributed by atoms with van der Waals surface area (Å²) >= 11 is 9.75. The lowest BCUT2D eigenvalue weighted by Crippen LogP contribution is -2.27. The second kappa shape index (κ2) is 11.8. The first-order valence-corrected chi connectivity index (χ1v) is 13.3. The van der Waals surface area contributed by atoms with Gasteiger partial charge in [0.1, 0.15) is 5.69 Å². The van der Waals surface area contributed by atoms with Crippen LogP contribution in [0.25, 0.3) is 10.9 Å². The molecule has 1 heterocycles. The minimum absolute atomic E-state index is 0.0664. The fourth-order valence-electron chi connectivity index (χ4n) is 4.01. The monoisotopic (exact) mass is 594 g/mol. The minimum Gasteiger partial charge on any atom is -0.352 e. The molecule has 38 heavy (non-hydrogen) atoms. The molecule has 4 rings (SSSR count). The molecule has 0 aliphatic rings. The smallest absolute Gasteiger partial charge is 0.268 e. The molecular formula is C29H28BrClN4O3. The van der Waals surface area contributed by atoms with Gasteiger partial charge in [0.2, 0.25) is 5.91 Å². The summed E-state index contributed by atoms with van der Waals surface area (Å²) in [7, 11) is 1.83. The summed E-state index contributed by atoms with van der Waals surface area (Å²) in [6.45, 7) is 4.34. The van der Waals surface area contributed by atoms with Gasteiger partial charge in [-0.15, -0.1) is 0 Å². The van der Waals surface area contributed by atoms with Crippen LogP contribution in [0.4, 0.5) is 5.69 Å². The van der Waals surface area contributed by atoms with Crippen LogP contribution in [0.2, 0.25) is 5.02 Å². The second-order valence-corrected chi connectivity index (χ2v) is 10.6. The molecular weight excluding hydrogens is 568 g/mol. The molecule has 0 unspecified atom stereocenters. The number of aryl methyl sites for hydroxylation is 1. The quantitative estimate of drug-likeness (QED) is 0.232. The molecule has 0 fully saturated rings. The Bertz CT molecular complexity index is 1530. The van der Waals surface area contributed by atoms with Gasteiger partial charge in [-0.25, -0.2) is 0 Å². The number of nitrogens with one attached hydrogen (secondary N) is 3. The van der Waals surface area contributed by atoms with Crippen LogP contribution in [0.5, 0.6) is 0 Å². The number of anilines is 1. The summed E-state index contributed by atoms with van der Waals surface area (Å²) in [6.07, 6.45) is 0. The lowest BCUT2D eigenvalue weighted by molar-refractivity contribution is -0.124. The van der Waals surface area contributed by atoms with Crippen LogP contribution in [-0.2, 0) is 24.9 Å². The molecule has 0 atom stereocenters. The lowest BCUT2D eigenvalue weighted by Gasteiger charge is -2.11. The third-order valence-corrected chi connectivity index (χ3v) is 6.96. The van der Waals surface area contributed by atoms with Crippen LogP contribution in [0, 0.1) is 5.92 Å². The summed E-state index contributed by atoms with van der Waals surface area (Å²) < 4.78 is 2.78. The molecule has 0 aliphatic heterocycles. The van der Waals surface area contributed by atoms with E-state index in [9.17, 15) is 14.4 Å². The maximum atomic E-state index is 13.0. The van der Waals surface area contributed by atoms with Gasteiger partial charge in [-0.05, 0) is 59.7 Å². The summed E-state index contributed by atoms with van der Waals surface area (Å²) in [4.78, 5) is 37.8. The number of benzene rings is 3. The SMILES string of the molecule is CC(C)C(=O)NCc1ccc(Cl)c(C(=O)Nc2ccc3c(c2)cc(C(=O)NCc2cccc(Br)c2)n3C)c1. The summed E-state index contributed by atoms with van der Waals surface area (Å²) in [6, 6.07) is 20.1. The third kappa shape index (κ3) is 6.44. The predicted molar refractivity (Wildman–Crippen MR) is 154 cm³/mol. The van der Waals surface area contributed by atoms with E-state index in [-0.39, 0.29) is 23.6 Å². The standard InChI is InChI=1S/C29H28BrClN4O3/c1-17(2)27(36)32-16-19-7-9-24(31)23(12-19)28(37)34-22-8-10-25-20(13-22)14-26(35(25)3)29(38)33-15-18-5-4-6-21(30)11-18/h4-14,17H,15-16H2,1-3H3,(H,32,36)(H,33,38)(H,34,37). The van der Waals surface area contributed by atoms with Gasteiger partial charge in [-0.2, -0.15) is 0 Å². The number of nitrogens with zero attached hydrogens (tertiary/aromatic N) is 1. The average Bonchev–Trinajstić information content (AvgIpc) is 3.22. The number of amides is 3. The molecule has 1 aromatic heterocycles. The van der Waals surface area contributed by atoms with Crippen LogP contribution in [0.1, 0.15) is 45.8 Å². The molecule has 3 amide bonds. The van der Waals surface area contributed by atoms with Gasteiger partial charge in [0.25, 0.3) is 11.8 Å². The van der Waals surface area contributed by atoms with Crippen molar-refractivity contribution < 1.29 is 14.4 Å². The molecule has 4 aromatic rings. The Hall–Kier alpha value is -3.62. The molecule has 7 nitrogen and oxygen atoms in total. The van der Waals surface area contributed by atoms with Gasteiger partial charge in [0.05, 0.1) is 10.6 Å². The van der Waals surface area contributed by atoms with E-state index >= 15 is 0 Å². The molecule has 0 aliphatic carbocycles. The van der Waals surface area contributed by atoms with Crippen molar-refractivity contribution in [1.29, 1.82) is 0 Å². The Morgan fingerprint density at radius 3 is 2.37 bits per heavy atom. The molecule has 3 aromatic carbocycles. The van der Waals surface area contributed by atoms with Gasteiger partial charge >= 0.3 is 0 Å². The number of hydrogen-bond donors (Lipinski definition) is 3. The highest BCUT2D eigenvalue weighted by molar-refractivity contribution is 9.10. The number of aromatic nitrogens is 1. The zero-order valence-electron chi connectivity index (χ0n) is 21.3. The van der Waals surface area contributed by atoms with Crippen LogP contribution in [0.15, 0.2) is 71.2 Å². The topological polar surface area (TPSA) is 92.2 Å². The van der Waals surface area contributed by atoms with E-state index in [0.29, 0.717) is 35.1 Å². The highest BCUT2D eigenvalue weighted by Gasteiger charge is 2.16. The van der Waals surface area contributed by atoms with E-state index in [1.54, 1.807) is 30.3 Å². The van der Waals surface area contributed by atoms with Gasteiger partial charge < -0.3 is 20.5 Å². The van der Waals surface area contributed by atoms with E-state index in [0.717, 1.165) is 26.5 Å². The lowest BCUT2D eigenvalue weighted by atomic mass is 10.1. The van der Waals surface area contributed by atoms with Crippen molar-refractivity contribution in [2.45, 2.75) is 26.9 Å². The normalized spacial score (nSPS) is 11.0. The first-order valence-electron chi connectivity index (χ1n) is 12.1. The Morgan fingerprint density at radius 2 is 1.63 bits per heavy atom. The van der Waals surface area contributed by atoms with E-state index in [1.165, 1.54) is 0 Å². The molecule has 0 saturated carbocycles. The van der Waals surface area contributed by atoms with Crippen molar-refractivity contribution in [3.8, 4) is 0 Å². The van der Waals surface area contributed by atoms with Gasteiger partial charge in [-0.1, -0.05) is 59.6 Å². The van der Waals surface area contributed by atoms with Crippen molar-refractivity contribution in [2.75, 3.05) is 5.32 Å². The molecule has 0 saturated heterocycles. The molecule has 0 spiro atoms. The molecule has 0 bridgehead atoms. The number of carbonyl (C=O) groups is 3. The maximum Gasteiger partial charge on any atom is 0.268 e. The maximum absolute atomic E-state index is 13.0. The Kier molecular flexibility index (Phi) is 8.54. The predicted octanol–water partition coefficient (Wildman–Crippen LogP) is 6.05. The number of hydrogen-bond acceptors (Lipinski definition) is 3. The van der Waals surface area contributed by atoms with Gasteiger partial charge in [-0.3, -0.25) is 14.4 Å². The van der Waals surface area contributed by atoms with Crippen molar-refractivity contribution in [1.82, 2.24) is 15.2 Å². The average molecular weight is 596 g/mol. The first kappa shape index (κ1) is 27.4. The fourth-order valence-corrected chi connectivity index (χ4v) is 4.66. The third-order valence-electron chi connectivity index (χ3n) is 6.14. The second-order valence-electron chi connectivity index (χ2n) is 9.32. The Balaban J connectivity index is 1.47. The fraction of sp³-hybridized carbons (Fsp3) is 0.207. The molecule has 0 radical (unpaired) electrons. The van der Waals surface area contributed by atoms with Crippen LogP contribution in [-0.4, -0.2) is 22.3 Å². The minimum atomic E-state index is -0.366. The summed E-state index contributed by atoms with van der Waals surface area (Å²) in [5.74, 6) is -0.754. The van der Waals surface area contributed by atoms with Gasteiger partial charge in [0, 0.05) is 47.1 Å². The zero-order valence-corrected chi connectivity index (χ0v) is 23.6. The van der Waals surface area contributed by atoms with Crippen molar-refractivity contribution in [3.63, 3.8) is 0 Å². The van der Waals surface area contributed by atoms with E-state index in [1.807, 2.05) is 61.9 Å². The van der Waals surface area contributed by atoms with Crippen molar-refractivity contribution in [2.24, 2.45) is 13.0 Å². The number of halogens is 2. The van der Waals surface area contributed by atoms with E-state index in [2.05, 4.69) is 31.9 Å². The molecule has 196 valence electrons. The highest BCUT2D eigenvalue weighted by atomic mass is 79.9. The molecule has 9 heteroatoms.